The van der Waals surface area contributed by atoms with Gasteiger partial charge in [-0.15, -0.1) is 0 Å². The number of hydrogen-bond donors (Lipinski definition) is 1. The molecule has 6 heteroatoms. The number of nitrogens with zero attached hydrogens (tertiary/aromatic N) is 2. The predicted octanol–water partition coefficient (Wildman–Crippen LogP) is 4.44. The molecule has 3 rings (SSSR count). The van der Waals surface area contributed by atoms with E-state index < -0.39 is 0 Å². The Bertz CT molecular complexity index is 954. The molecule has 0 aliphatic heterocycles. The maximum atomic E-state index is 12.9. The minimum atomic E-state index is -0.290. The van der Waals surface area contributed by atoms with Gasteiger partial charge in [0, 0.05) is 20.1 Å². The molecule has 1 N–H and O–H groups in total. The molecule has 0 fully saturated rings. The van der Waals surface area contributed by atoms with E-state index in [9.17, 15) is 9.59 Å². The number of rotatable bonds is 9. The van der Waals surface area contributed by atoms with Crippen molar-refractivity contribution in [2.75, 3.05) is 25.5 Å². The monoisotopic (exact) mass is 435 g/mol. The molecule has 3 aromatic carbocycles. The zero-order valence-electron chi connectivity index (χ0n) is 17.5. The van der Waals surface area contributed by atoms with E-state index in [2.05, 4.69) is 10.2 Å². The normalized spacial score (nSPS) is 10.7. The van der Waals surface area contributed by atoms with Crippen LogP contribution in [0, 0.1) is 0 Å². The average molecular weight is 436 g/mol. The van der Waals surface area contributed by atoms with Gasteiger partial charge >= 0.3 is 0 Å². The van der Waals surface area contributed by atoms with E-state index in [1.165, 1.54) is 4.90 Å². The summed E-state index contributed by atoms with van der Waals surface area (Å²) in [6, 6.07) is 27.1. The SMILES string of the molecule is CN(CC(=O)Nc1ccccc1Cl)C(=O)CN(Cc1ccccc1)Cc1ccccc1. The number of para-hydroxylation sites is 1. The molecule has 0 saturated heterocycles. The molecule has 2 amide bonds. The standard InChI is InChI=1S/C25H26ClN3O2/c1-28(18-24(30)27-23-15-9-8-14-22(23)26)25(31)19-29(16-20-10-4-2-5-11-20)17-21-12-6-3-7-13-21/h2-15H,16-19H2,1H3,(H,27,30). The van der Waals surface area contributed by atoms with E-state index in [4.69, 9.17) is 11.6 Å². The van der Waals surface area contributed by atoms with Crippen molar-refractivity contribution in [3.8, 4) is 0 Å². The van der Waals surface area contributed by atoms with Crippen molar-refractivity contribution in [1.82, 2.24) is 9.80 Å². The van der Waals surface area contributed by atoms with E-state index in [1.807, 2.05) is 60.7 Å². The highest BCUT2D eigenvalue weighted by atomic mass is 35.5. The summed E-state index contributed by atoms with van der Waals surface area (Å²) >= 11 is 6.09. The van der Waals surface area contributed by atoms with Crippen LogP contribution in [0.15, 0.2) is 84.9 Å². The first-order chi connectivity index (χ1) is 15.0. The van der Waals surface area contributed by atoms with Crippen LogP contribution < -0.4 is 5.32 Å². The summed E-state index contributed by atoms with van der Waals surface area (Å²) in [7, 11) is 1.64. The number of halogens is 1. The molecule has 0 bridgehead atoms. The fourth-order valence-electron chi connectivity index (χ4n) is 3.22. The van der Waals surface area contributed by atoms with Gasteiger partial charge in [0.2, 0.25) is 11.8 Å². The Kier molecular flexibility index (Phi) is 8.21. The highest BCUT2D eigenvalue weighted by molar-refractivity contribution is 6.33. The van der Waals surface area contributed by atoms with Crippen LogP contribution >= 0.6 is 11.6 Å². The molecule has 0 radical (unpaired) electrons. The molecular formula is C25H26ClN3O2. The van der Waals surface area contributed by atoms with E-state index in [-0.39, 0.29) is 24.9 Å². The number of likely N-dealkylation sites (N-methyl/N-ethyl adjacent to an activating group) is 1. The molecule has 3 aromatic rings. The Morgan fingerprint density at radius 3 is 1.84 bits per heavy atom. The first kappa shape index (κ1) is 22.5. The van der Waals surface area contributed by atoms with Gasteiger partial charge in [-0.2, -0.15) is 0 Å². The van der Waals surface area contributed by atoms with Gasteiger partial charge in [0.15, 0.2) is 0 Å². The predicted molar refractivity (Wildman–Crippen MR) is 125 cm³/mol. The number of hydrogen-bond acceptors (Lipinski definition) is 3. The van der Waals surface area contributed by atoms with Crippen LogP contribution in [0.25, 0.3) is 0 Å². The third-order valence-electron chi connectivity index (χ3n) is 4.81. The van der Waals surface area contributed by atoms with Crippen LogP contribution in [0.3, 0.4) is 0 Å². The quantitative estimate of drug-likeness (QED) is 0.540. The molecule has 0 heterocycles. The molecule has 31 heavy (non-hydrogen) atoms. The molecular weight excluding hydrogens is 410 g/mol. The first-order valence-corrected chi connectivity index (χ1v) is 10.5. The number of carbonyl (C=O) groups excluding carboxylic acids is 2. The maximum Gasteiger partial charge on any atom is 0.244 e. The highest BCUT2D eigenvalue weighted by Crippen LogP contribution is 2.20. The largest absolute Gasteiger partial charge is 0.335 e. The molecule has 160 valence electrons. The lowest BCUT2D eigenvalue weighted by molar-refractivity contribution is -0.134. The molecule has 5 nitrogen and oxygen atoms in total. The van der Waals surface area contributed by atoms with Crippen LogP contribution in [0.2, 0.25) is 5.02 Å². The number of benzene rings is 3. The first-order valence-electron chi connectivity index (χ1n) is 10.1. The summed E-state index contributed by atoms with van der Waals surface area (Å²) < 4.78 is 0. The van der Waals surface area contributed by atoms with Gasteiger partial charge in [0.05, 0.1) is 23.8 Å². The van der Waals surface area contributed by atoms with Crippen LogP contribution in [0.4, 0.5) is 5.69 Å². The Morgan fingerprint density at radius 2 is 1.29 bits per heavy atom. The Morgan fingerprint density at radius 1 is 0.774 bits per heavy atom. The molecule has 0 aromatic heterocycles. The van der Waals surface area contributed by atoms with Gasteiger partial charge in [-0.25, -0.2) is 0 Å². The fraction of sp³-hybridized carbons (Fsp3) is 0.200. The van der Waals surface area contributed by atoms with Crippen molar-refractivity contribution in [1.29, 1.82) is 0 Å². The fourth-order valence-corrected chi connectivity index (χ4v) is 3.40. The van der Waals surface area contributed by atoms with Crippen LogP contribution in [0.5, 0.6) is 0 Å². The number of nitrogens with one attached hydrogen (secondary N) is 1. The summed E-state index contributed by atoms with van der Waals surface area (Å²) in [6.45, 7) is 1.44. The Balaban J connectivity index is 1.61. The van der Waals surface area contributed by atoms with Crippen molar-refractivity contribution in [3.63, 3.8) is 0 Å². The van der Waals surface area contributed by atoms with Gasteiger partial charge in [0.1, 0.15) is 0 Å². The van der Waals surface area contributed by atoms with Crippen molar-refractivity contribution in [2.24, 2.45) is 0 Å². The van der Waals surface area contributed by atoms with Crippen LogP contribution in [-0.2, 0) is 22.7 Å². The van der Waals surface area contributed by atoms with E-state index in [0.29, 0.717) is 23.8 Å². The van der Waals surface area contributed by atoms with Gasteiger partial charge < -0.3 is 10.2 Å². The summed E-state index contributed by atoms with van der Waals surface area (Å²) in [6.07, 6.45) is 0. The van der Waals surface area contributed by atoms with Gasteiger partial charge in [-0.05, 0) is 23.3 Å². The van der Waals surface area contributed by atoms with Crippen molar-refractivity contribution < 1.29 is 9.59 Å². The second kappa shape index (κ2) is 11.3. The molecule has 0 spiro atoms. The number of anilines is 1. The average Bonchev–Trinajstić information content (AvgIpc) is 2.76. The van der Waals surface area contributed by atoms with E-state index >= 15 is 0 Å². The lowest BCUT2D eigenvalue weighted by Gasteiger charge is -2.25. The van der Waals surface area contributed by atoms with Crippen LogP contribution in [0.1, 0.15) is 11.1 Å². The summed E-state index contributed by atoms with van der Waals surface area (Å²) in [5.74, 6) is -0.414. The zero-order valence-corrected chi connectivity index (χ0v) is 18.3. The smallest absolute Gasteiger partial charge is 0.244 e. The molecule has 0 saturated carbocycles. The van der Waals surface area contributed by atoms with E-state index in [0.717, 1.165) is 11.1 Å². The van der Waals surface area contributed by atoms with Gasteiger partial charge in [0.25, 0.3) is 0 Å². The second-order valence-electron chi connectivity index (χ2n) is 7.39. The zero-order chi connectivity index (χ0) is 22.1. The Hall–Kier alpha value is -3.15. The molecule has 0 atom stereocenters. The lowest BCUT2D eigenvalue weighted by atomic mass is 10.1. The van der Waals surface area contributed by atoms with Crippen LogP contribution in [-0.4, -0.2) is 41.8 Å². The minimum absolute atomic E-state index is 0.0471. The van der Waals surface area contributed by atoms with Gasteiger partial charge in [-0.1, -0.05) is 84.4 Å². The third-order valence-corrected chi connectivity index (χ3v) is 5.14. The number of carbonyl (C=O) groups is 2. The topological polar surface area (TPSA) is 52.7 Å². The maximum absolute atomic E-state index is 12.9. The number of amides is 2. The summed E-state index contributed by atoms with van der Waals surface area (Å²) in [5, 5.41) is 3.21. The molecule has 0 aliphatic rings. The molecule has 0 unspecified atom stereocenters. The Labute approximate surface area is 188 Å². The van der Waals surface area contributed by atoms with Gasteiger partial charge in [-0.3, -0.25) is 14.5 Å². The third kappa shape index (κ3) is 7.24. The second-order valence-corrected chi connectivity index (χ2v) is 7.80. The highest BCUT2D eigenvalue weighted by Gasteiger charge is 2.18. The summed E-state index contributed by atoms with van der Waals surface area (Å²) in [5.41, 5.74) is 2.79. The minimum Gasteiger partial charge on any atom is -0.335 e. The van der Waals surface area contributed by atoms with Crippen molar-refractivity contribution in [2.45, 2.75) is 13.1 Å². The lowest BCUT2D eigenvalue weighted by Crippen LogP contribution is -2.41. The van der Waals surface area contributed by atoms with Crippen molar-refractivity contribution in [3.05, 3.63) is 101 Å². The van der Waals surface area contributed by atoms with Crippen molar-refractivity contribution >= 4 is 29.1 Å². The summed E-state index contributed by atoms with van der Waals surface area (Å²) in [4.78, 5) is 28.8. The molecule has 0 aliphatic carbocycles. The van der Waals surface area contributed by atoms with E-state index in [1.54, 1.807) is 31.3 Å².